The molecule has 10 heteroatoms. The van der Waals surface area contributed by atoms with Crippen LogP contribution < -0.4 is 15.0 Å². The van der Waals surface area contributed by atoms with Gasteiger partial charge in [-0.3, -0.25) is 4.79 Å². The third kappa shape index (κ3) is 4.96. The van der Waals surface area contributed by atoms with Crippen LogP contribution in [0.3, 0.4) is 0 Å². The van der Waals surface area contributed by atoms with E-state index in [1.54, 1.807) is 49.4 Å². The molecule has 5 rings (SSSR count). The number of aromatic nitrogens is 2. The SMILES string of the molecule is CCOC(=O)COc1c(C=Nn2c(-c3cc4ccccc4o3)nc3ccccc3c2=O)cc(Cl)cc1OC. The Morgan fingerprint density at radius 2 is 1.92 bits per heavy atom. The van der Waals surface area contributed by atoms with Crippen LogP contribution >= 0.6 is 11.6 Å². The van der Waals surface area contributed by atoms with Gasteiger partial charge in [-0.2, -0.15) is 9.78 Å². The van der Waals surface area contributed by atoms with Crippen molar-refractivity contribution in [1.29, 1.82) is 0 Å². The summed E-state index contributed by atoms with van der Waals surface area (Å²) in [4.78, 5) is 30.1. The maximum atomic E-state index is 13.5. The molecule has 2 heterocycles. The number of fused-ring (bicyclic) bond motifs is 2. The molecule has 9 nitrogen and oxygen atoms in total. The monoisotopic (exact) mass is 531 g/mol. The van der Waals surface area contributed by atoms with Crippen LogP contribution in [0.1, 0.15) is 12.5 Å². The average molecular weight is 532 g/mol. The molecule has 0 unspecified atom stereocenters. The number of para-hydroxylation sites is 2. The lowest BCUT2D eigenvalue weighted by Gasteiger charge is -2.13. The summed E-state index contributed by atoms with van der Waals surface area (Å²) in [5.41, 5.74) is 1.12. The van der Waals surface area contributed by atoms with Gasteiger partial charge >= 0.3 is 5.97 Å². The van der Waals surface area contributed by atoms with Gasteiger partial charge in [-0.15, -0.1) is 0 Å². The number of rotatable bonds is 8. The third-order valence-electron chi connectivity index (χ3n) is 5.62. The van der Waals surface area contributed by atoms with Crippen LogP contribution in [0.15, 0.2) is 81.0 Å². The van der Waals surface area contributed by atoms with Crippen molar-refractivity contribution in [1.82, 2.24) is 9.66 Å². The Morgan fingerprint density at radius 3 is 2.71 bits per heavy atom. The van der Waals surface area contributed by atoms with Crippen LogP contribution in [0, 0.1) is 0 Å². The highest BCUT2D eigenvalue weighted by Gasteiger charge is 2.18. The first-order valence-electron chi connectivity index (χ1n) is 11.7. The molecule has 0 radical (unpaired) electrons. The van der Waals surface area contributed by atoms with E-state index in [-0.39, 0.29) is 30.5 Å². The van der Waals surface area contributed by atoms with Crippen molar-refractivity contribution >= 4 is 45.7 Å². The molecule has 0 aliphatic heterocycles. The zero-order valence-electron chi connectivity index (χ0n) is 20.5. The first kappa shape index (κ1) is 25.0. The summed E-state index contributed by atoms with van der Waals surface area (Å²) in [6.07, 6.45) is 1.39. The summed E-state index contributed by atoms with van der Waals surface area (Å²) in [5, 5.41) is 6.04. The fourth-order valence-electron chi connectivity index (χ4n) is 3.93. The van der Waals surface area contributed by atoms with Gasteiger partial charge in [0, 0.05) is 22.0 Å². The number of hydrogen-bond donors (Lipinski definition) is 0. The zero-order valence-corrected chi connectivity index (χ0v) is 21.3. The Morgan fingerprint density at radius 1 is 1.13 bits per heavy atom. The molecule has 38 heavy (non-hydrogen) atoms. The fraction of sp³-hybridized carbons (Fsp3) is 0.143. The number of benzene rings is 3. The number of nitrogens with zero attached hydrogens (tertiary/aromatic N) is 3. The quantitative estimate of drug-likeness (QED) is 0.198. The molecule has 0 bridgehead atoms. The van der Waals surface area contributed by atoms with Gasteiger partial charge in [0.05, 0.1) is 30.8 Å². The lowest BCUT2D eigenvalue weighted by Crippen LogP contribution is -2.20. The van der Waals surface area contributed by atoms with Gasteiger partial charge in [-0.05, 0) is 37.3 Å². The lowest BCUT2D eigenvalue weighted by atomic mass is 10.2. The highest BCUT2D eigenvalue weighted by Crippen LogP contribution is 2.34. The van der Waals surface area contributed by atoms with Crippen molar-refractivity contribution in [2.45, 2.75) is 6.92 Å². The van der Waals surface area contributed by atoms with Crippen molar-refractivity contribution in [3.63, 3.8) is 0 Å². The number of hydrogen-bond acceptors (Lipinski definition) is 8. The minimum atomic E-state index is -0.547. The predicted octanol–water partition coefficient (Wildman–Crippen LogP) is 5.30. The van der Waals surface area contributed by atoms with Gasteiger partial charge in [-0.25, -0.2) is 9.78 Å². The molecule has 0 aliphatic carbocycles. The van der Waals surface area contributed by atoms with E-state index in [1.807, 2.05) is 24.3 Å². The third-order valence-corrected chi connectivity index (χ3v) is 5.84. The van der Waals surface area contributed by atoms with Crippen molar-refractivity contribution in [2.24, 2.45) is 5.10 Å². The second-order valence-electron chi connectivity index (χ2n) is 8.08. The summed E-state index contributed by atoms with van der Waals surface area (Å²) in [6, 6.07) is 19.4. The number of carbonyl (C=O) groups is 1. The molecule has 0 saturated carbocycles. The first-order chi connectivity index (χ1) is 18.5. The van der Waals surface area contributed by atoms with E-state index in [1.165, 1.54) is 13.3 Å². The van der Waals surface area contributed by atoms with Gasteiger partial charge in [0.15, 0.2) is 23.9 Å². The van der Waals surface area contributed by atoms with E-state index < -0.39 is 11.5 Å². The Balaban J connectivity index is 1.65. The van der Waals surface area contributed by atoms with E-state index in [9.17, 15) is 9.59 Å². The molecule has 0 atom stereocenters. The minimum absolute atomic E-state index is 0.209. The smallest absolute Gasteiger partial charge is 0.344 e. The second kappa shape index (κ2) is 10.8. The average Bonchev–Trinajstić information content (AvgIpc) is 3.36. The lowest BCUT2D eigenvalue weighted by molar-refractivity contribution is -0.145. The largest absolute Gasteiger partial charge is 0.493 e. The standard InChI is InChI=1S/C28H22ClN3O6/c1-3-36-25(33)16-37-26-18(12-19(29)14-23(26)35-2)15-30-32-27(24-13-17-8-4-7-11-22(17)38-24)31-21-10-6-5-9-20(21)28(32)34/h4-15H,3,16H2,1-2H3. The number of esters is 1. The van der Waals surface area contributed by atoms with Crippen LogP contribution in [0.5, 0.6) is 11.5 Å². The molecule has 0 aliphatic rings. The van der Waals surface area contributed by atoms with Gasteiger partial charge in [-0.1, -0.05) is 41.9 Å². The van der Waals surface area contributed by atoms with Gasteiger partial charge in [0.1, 0.15) is 5.58 Å². The number of furan rings is 1. The number of halogens is 1. The van der Waals surface area contributed by atoms with Gasteiger partial charge in [0.25, 0.3) is 5.56 Å². The summed E-state index contributed by atoms with van der Waals surface area (Å²) < 4.78 is 23.2. The highest BCUT2D eigenvalue weighted by molar-refractivity contribution is 6.31. The maximum Gasteiger partial charge on any atom is 0.344 e. The summed E-state index contributed by atoms with van der Waals surface area (Å²) >= 11 is 6.29. The summed E-state index contributed by atoms with van der Waals surface area (Å²) in [7, 11) is 1.45. The molecule has 0 saturated heterocycles. The molecule has 0 spiro atoms. The normalized spacial score (nSPS) is 11.3. The molecule has 192 valence electrons. The Kier molecular flexibility index (Phi) is 7.10. The maximum absolute atomic E-state index is 13.5. The molecule has 3 aromatic carbocycles. The van der Waals surface area contributed by atoms with Crippen molar-refractivity contribution < 1.29 is 23.4 Å². The molecule has 0 N–H and O–H groups in total. The summed E-state index contributed by atoms with van der Waals surface area (Å²) in [6.45, 7) is 1.57. The highest BCUT2D eigenvalue weighted by atomic mass is 35.5. The number of ether oxygens (including phenoxy) is 3. The predicted molar refractivity (Wildman–Crippen MR) is 144 cm³/mol. The van der Waals surface area contributed by atoms with Crippen LogP contribution in [0.4, 0.5) is 0 Å². The topological polar surface area (TPSA) is 105 Å². The molecule has 0 fully saturated rings. The van der Waals surface area contributed by atoms with Gasteiger partial charge in [0.2, 0.25) is 5.82 Å². The second-order valence-corrected chi connectivity index (χ2v) is 8.52. The Bertz CT molecular complexity index is 1710. The van der Waals surface area contributed by atoms with Crippen LogP contribution in [-0.4, -0.2) is 42.2 Å². The van der Waals surface area contributed by atoms with E-state index in [2.05, 4.69) is 10.1 Å². The van der Waals surface area contributed by atoms with E-state index in [4.69, 9.17) is 30.2 Å². The van der Waals surface area contributed by atoms with E-state index in [0.717, 1.165) is 10.1 Å². The molecular weight excluding hydrogens is 510 g/mol. The van der Waals surface area contributed by atoms with Crippen molar-refractivity contribution in [3.05, 3.63) is 87.7 Å². The minimum Gasteiger partial charge on any atom is -0.493 e. The fourth-order valence-corrected chi connectivity index (χ4v) is 4.14. The molecular formula is C28H22ClN3O6. The number of carbonyl (C=O) groups excluding carboxylic acids is 1. The molecule has 2 aromatic heterocycles. The Hall–Kier alpha value is -4.63. The summed E-state index contributed by atoms with van der Waals surface area (Å²) in [5.74, 6) is 0.526. The van der Waals surface area contributed by atoms with Crippen LogP contribution in [0.25, 0.3) is 33.5 Å². The first-order valence-corrected chi connectivity index (χ1v) is 12.1. The Labute approximate surface area is 221 Å². The van der Waals surface area contributed by atoms with E-state index in [0.29, 0.717) is 32.8 Å². The van der Waals surface area contributed by atoms with Crippen molar-refractivity contribution in [3.8, 4) is 23.1 Å². The van der Waals surface area contributed by atoms with E-state index >= 15 is 0 Å². The number of methoxy groups -OCH3 is 1. The molecule has 0 amide bonds. The molecule has 5 aromatic rings. The van der Waals surface area contributed by atoms with Crippen LogP contribution in [-0.2, 0) is 9.53 Å². The zero-order chi connectivity index (χ0) is 26.6. The van der Waals surface area contributed by atoms with Gasteiger partial charge < -0.3 is 18.6 Å². The van der Waals surface area contributed by atoms with Crippen molar-refractivity contribution in [2.75, 3.05) is 20.3 Å². The van der Waals surface area contributed by atoms with Crippen LogP contribution in [0.2, 0.25) is 5.02 Å².